The van der Waals surface area contributed by atoms with Crippen LogP contribution in [0.3, 0.4) is 0 Å². The largest absolute Gasteiger partial charge is 0.496 e. The lowest BCUT2D eigenvalue weighted by atomic mass is 10.1. The average molecular weight is 360 g/mol. The Kier molecular flexibility index (Phi) is 5.08. The molecule has 0 bridgehead atoms. The first kappa shape index (κ1) is 16.4. The van der Waals surface area contributed by atoms with Crippen LogP contribution < -0.4 is 10.1 Å². The summed E-state index contributed by atoms with van der Waals surface area (Å²) in [6, 6.07) is 14.7. The quantitative estimate of drug-likeness (QED) is 0.752. The number of benzene rings is 2. The molecule has 0 spiro atoms. The zero-order valence-corrected chi connectivity index (χ0v) is 14.4. The highest BCUT2D eigenvalue weighted by Gasteiger charge is 2.18. The number of methoxy groups -OCH3 is 1. The van der Waals surface area contributed by atoms with Crippen LogP contribution in [0.15, 0.2) is 48.5 Å². The maximum absolute atomic E-state index is 12.5. The molecule has 0 saturated heterocycles. The van der Waals surface area contributed by atoms with Gasteiger partial charge in [0.05, 0.1) is 7.11 Å². The van der Waals surface area contributed by atoms with E-state index in [4.69, 9.17) is 16.3 Å². The topological polar surface area (TPSA) is 64.1 Å². The Hall–Kier alpha value is -2.44. The van der Waals surface area contributed by atoms with Crippen molar-refractivity contribution in [1.29, 1.82) is 0 Å². The molecular weight excluding hydrogens is 346 g/mol. The molecule has 0 aliphatic heterocycles. The van der Waals surface area contributed by atoms with Crippen molar-refractivity contribution in [3.63, 3.8) is 0 Å². The molecule has 0 saturated carbocycles. The van der Waals surface area contributed by atoms with Crippen molar-refractivity contribution in [2.75, 3.05) is 7.11 Å². The Balaban J connectivity index is 1.77. The van der Waals surface area contributed by atoms with Gasteiger partial charge < -0.3 is 10.1 Å². The fraction of sp³-hybridized carbons (Fsp3) is 0.118. The first-order chi connectivity index (χ1) is 11.7. The highest BCUT2D eigenvalue weighted by Crippen LogP contribution is 2.25. The lowest BCUT2D eigenvalue weighted by molar-refractivity contribution is 0.0955. The van der Waals surface area contributed by atoms with E-state index in [0.29, 0.717) is 22.1 Å². The summed E-state index contributed by atoms with van der Waals surface area (Å²) in [5, 5.41) is 7.58. The highest BCUT2D eigenvalue weighted by molar-refractivity contribution is 7.08. The number of hydrogen-bond acceptors (Lipinski definition) is 5. The van der Waals surface area contributed by atoms with Gasteiger partial charge in [-0.3, -0.25) is 4.79 Å². The Labute approximate surface area is 148 Å². The summed E-state index contributed by atoms with van der Waals surface area (Å²) in [7, 11) is 1.60. The molecule has 1 aromatic heterocycles. The fourth-order valence-electron chi connectivity index (χ4n) is 2.24. The Morgan fingerprint density at radius 2 is 1.96 bits per heavy atom. The van der Waals surface area contributed by atoms with Crippen LogP contribution >= 0.6 is 23.1 Å². The van der Waals surface area contributed by atoms with Crippen molar-refractivity contribution in [3.05, 3.63) is 64.0 Å². The van der Waals surface area contributed by atoms with Crippen molar-refractivity contribution >= 4 is 29.0 Å². The average Bonchev–Trinajstić information content (AvgIpc) is 3.10. The summed E-state index contributed by atoms with van der Waals surface area (Å²) in [4.78, 5) is 13.0. The van der Waals surface area contributed by atoms with Crippen LogP contribution in [0, 0.1) is 0 Å². The molecule has 1 N–H and O–H groups in total. The van der Waals surface area contributed by atoms with Gasteiger partial charge in [-0.05, 0) is 29.7 Å². The molecule has 122 valence electrons. The van der Waals surface area contributed by atoms with Gasteiger partial charge in [-0.25, -0.2) is 0 Å². The number of amides is 1. The number of para-hydroxylation sites is 1. The second kappa shape index (κ2) is 7.42. The van der Waals surface area contributed by atoms with Gasteiger partial charge >= 0.3 is 0 Å². The van der Waals surface area contributed by atoms with Gasteiger partial charge in [0.15, 0.2) is 0 Å². The lowest BCUT2D eigenvalue weighted by Crippen LogP contribution is -2.22. The van der Waals surface area contributed by atoms with Crippen LogP contribution in [0.5, 0.6) is 5.75 Å². The highest BCUT2D eigenvalue weighted by atomic mass is 35.5. The molecule has 24 heavy (non-hydrogen) atoms. The molecule has 0 atom stereocenters. The summed E-state index contributed by atoms with van der Waals surface area (Å²) in [6.45, 7) is 0.362. The number of rotatable bonds is 5. The van der Waals surface area contributed by atoms with E-state index in [1.807, 2.05) is 36.4 Å². The fourth-order valence-corrected chi connectivity index (χ4v) is 2.97. The Morgan fingerprint density at radius 3 is 2.71 bits per heavy atom. The Morgan fingerprint density at radius 1 is 1.21 bits per heavy atom. The third-order valence-electron chi connectivity index (χ3n) is 3.44. The zero-order valence-electron chi connectivity index (χ0n) is 12.8. The van der Waals surface area contributed by atoms with Crippen LogP contribution in [0.4, 0.5) is 0 Å². The summed E-state index contributed by atoms with van der Waals surface area (Å²) in [6.07, 6.45) is 0. The molecule has 1 heterocycles. The summed E-state index contributed by atoms with van der Waals surface area (Å²) in [5.41, 5.74) is 2.25. The zero-order chi connectivity index (χ0) is 16.9. The number of aromatic nitrogens is 2. The minimum atomic E-state index is -0.221. The molecule has 0 aliphatic carbocycles. The molecule has 0 fully saturated rings. The predicted octanol–water partition coefficient (Wildman–Crippen LogP) is 3.80. The van der Waals surface area contributed by atoms with Gasteiger partial charge in [-0.15, -0.1) is 5.10 Å². The number of carbonyl (C=O) groups excluding carboxylic acids is 1. The molecule has 0 unspecified atom stereocenters. The Bertz CT molecular complexity index is 849. The minimum Gasteiger partial charge on any atom is -0.496 e. The van der Waals surface area contributed by atoms with E-state index in [0.717, 1.165) is 28.4 Å². The summed E-state index contributed by atoms with van der Waals surface area (Å²) < 4.78 is 9.19. The molecule has 3 aromatic rings. The van der Waals surface area contributed by atoms with E-state index in [1.54, 1.807) is 19.2 Å². The van der Waals surface area contributed by atoms with E-state index < -0.39 is 0 Å². The third-order valence-corrected chi connectivity index (χ3v) is 4.42. The smallest absolute Gasteiger partial charge is 0.265 e. The van der Waals surface area contributed by atoms with E-state index in [-0.39, 0.29) is 5.91 Å². The SMILES string of the molecule is COc1ccccc1CNC(=O)c1snnc1-c1ccc(Cl)cc1. The molecule has 7 heteroatoms. The van der Waals surface area contributed by atoms with Crippen molar-refractivity contribution in [3.8, 4) is 17.0 Å². The standard InChI is InChI=1S/C17H14ClN3O2S/c1-23-14-5-3-2-4-12(14)10-19-17(22)16-15(20-21-24-16)11-6-8-13(18)9-7-11/h2-9H,10H2,1H3,(H,19,22). The number of ether oxygens (including phenoxy) is 1. The van der Waals surface area contributed by atoms with Crippen LogP contribution in [0.2, 0.25) is 5.02 Å². The van der Waals surface area contributed by atoms with Crippen LogP contribution in [-0.2, 0) is 6.54 Å². The number of nitrogens with zero attached hydrogens (tertiary/aromatic N) is 2. The van der Waals surface area contributed by atoms with Gasteiger partial charge in [0, 0.05) is 22.7 Å². The molecule has 3 rings (SSSR count). The van der Waals surface area contributed by atoms with Crippen LogP contribution in [0.1, 0.15) is 15.2 Å². The predicted molar refractivity (Wildman–Crippen MR) is 94.5 cm³/mol. The number of carbonyl (C=O) groups is 1. The van der Waals surface area contributed by atoms with Crippen molar-refractivity contribution < 1.29 is 9.53 Å². The van der Waals surface area contributed by atoms with Crippen molar-refractivity contribution in [2.24, 2.45) is 0 Å². The summed E-state index contributed by atoms with van der Waals surface area (Å²) in [5.74, 6) is 0.513. The number of nitrogens with one attached hydrogen (secondary N) is 1. The molecule has 0 radical (unpaired) electrons. The molecule has 2 aromatic carbocycles. The molecular formula is C17H14ClN3O2S. The molecule has 1 amide bonds. The van der Waals surface area contributed by atoms with Crippen LogP contribution in [0.25, 0.3) is 11.3 Å². The maximum atomic E-state index is 12.5. The van der Waals surface area contributed by atoms with Crippen molar-refractivity contribution in [2.45, 2.75) is 6.54 Å². The monoisotopic (exact) mass is 359 g/mol. The van der Waals surface area contributed by atoms with Gasteiger partial charge in [0.1, 0.15) is 16.3 Å². The molecule has 0 aliphatic rings. The number of halogens is 1. The van der Waals surface area contributed by atoms with Gasteiger partial charge in [-0.2, -0.15) is 0 Å². The molecule has 5 nitrogen and oxygen atoms in total. The second-order valence-electron chi connectivity index (χ2n) is 4.95. The van der Waals surface area contributed by atoms with E-state index in [1.165, 1.54) is 0 Å². The maximum Gasteiger partial charge on any atom is 0.265 e. The van der Waals surface area contributed by atoms with Gasteiger partial charge in [0.25, 0.3) is 5.91 Å². The second-order valence-corrected chi connectivity index (χ2v) is 6.14. The lowest BCUT2D eigenvalue weighted by Gasteiger charge is -2.09. The van der Waals surface area contributed by atoms with E-state index in [9.17, 15) is 4.79 Å². The van der Waals surface area contributed by atoms with Crippen LogP contribution in [-0.4, -0.2) is 22.6 Å². The minimum absolute atomic E-state index is 0.221. The first-order valence-corrected chi connectivity index (χ1v) is 8.32. The first-order valence-electron chi connectivity index (χ1n) is 7.17. The summed E-state index contributed by atoms with van der Waals surface area (Å²) >= 11 is 6.96. The van der Waals surface area contributed by atoms with E-state index in [2.05, 4.69) is 14.9 Å². The van der Waals surface area contributed by atoms with Gasteiger partial charge in [0.2, 0.25) is 0 Å². The number of hydrogen-bond donors (Lipinski definition) is 1. The third kappa shape index (κ3) is 3.55. The van der Waals surface area contributed by atoms with E-state index >= 15 is 0 Å². The van der Waals surface area contributed by atoms with Crippen molar-refractivity contribution in [1.82, 2.24) is 14.9 Å². The van der Waals surface area contributed by atoms with Gasteiger partial charge in [-0.1, -0.05) is 46.4 Å². The normalized spacial score (nSPS) is 10.4.